The van der Waals surface area contributed by atoms with Gasteiger partial charge in [-0.25, -0.2) is 0 Å². The first kappa shape index (κ1) is 11.4. The first-order chi connectivity index (χ1) is 6.99. The molecule has 0 aromatic heterocycles. The van der Waals surface area contributed by atoms with E-state index in [1.165, 1.54) is 19.3 Å². The van der Waals surface area contributed by atoms with Gasteiger partial charge in [-0.2, -0.15) is 0 Å². The highest BCUT2D eigenvalue weighted by molar-refractivity contribution is 4.93. The van der Waals surface area contributed by atoms with Crippen molar-refractivity contribution in [1.29, 1.82) is 0 Å². The molecule has 3 nitrogen and oxygen atoms in total. The van der Waals surface area contributed by atoms with E-state index in [1.54, 1.807) is 0 Å². The van der Waals surface area contributed by atoms with E-state index in [1.807, 2.05) is 0 Å². The standard InChI is InChI=1S/C12H24N2O/c1-11(2)5-4-10(15-11)8-14-12(3)6-7-13-9-12/h10,13-14H,4-9H2,1-3H3. The average Bonchev–Trinajstić information content (AvgIpc) is 2.70. The number of rotatable bonds is 3. The molecule has 15 heavy (non-hydrogen) atoms. The zero-order valence-electron chi connectivity index (χ0n) is 10.2. The lowest BCUT2D eigenvalue weighted by Gasteiger charge is -2.27. The van der Waals surface area contributed by atoms with E-state index >= 15 is 0 Å². The molecule has 2 rings (SSSR count). The van der Waals surface area contributed by atoms with Gasteiger partial charge in [0.05, 0.1) is 11.7 Å². The summed E-state index contributed by atoms with van der Waals surface area (Å²) in [7, 11) is 0. The monoisotopic (exact) mass is 212 g/mol. The quantitative estimate of drug-likeness (QED) is 0.739. The Morgan fingerprint density at radius 1 is 1.33 bits per heavy atom. The fourth-order valence-corrected chi connectivity index (χ4v) is 2.55. The van der Waals surface area contributed by atoms with Crippen molar-refractivity contribution in [3.8, 4) is 0 Å². The Morgan fingerprint density at radius 3 is 2.67 bits per heavy atom. The summed E-state index contributed by atoms with van der Waals surface area (Å²) in [5.74, 6) is 0. The molecule has 2 aliphatic heterocycles. The second-order valence-electron chi connectivity index (χ2n) is 5.91. The molecule has 2 unspecified atom stereocenters. The van der Waals surface area contributed by atoms with Crippen molar-refractivity contribution >= 4 is 0 Å². The normalized spacial score (nSPS) is 39.8. The van der Waals surface area contributed by atoms with Gasteiger partial charge in [0.1, 0.15) is 0 Å². The molecular weight excluding hydrogens is 188 g/mol. The van der Waals surface area contributed by atoms with Gasteiger partial charge in [0.25, 0.3) is 0 Å². The van der Waals surface area contributed by atoms with Gasteiger partial charge in [0, 0.05) is 18.6 Å². The smallest absolute Gasteiger partial charge is 0.0708 e. The predicted octanol–water partition coefficient (Wildman–Crippen LogP) is 1.29. The first-order valence-corrected chi connectivity index (χ1v) is 6.13. The summed E-state index contributed by atoms with van der Waals surface area (Å²) >= 11 is 0. The van der Waals surface area contributed by atoms with Crippen molar-refractivity contribution in [3.05, 3.63) is 0 Å². The highest BCUT2D eigenvalue weighted by Crippen LogP contribution is 2.29. The zero-order valence-corrected chi connectivity index (χ0v) is 10.2. The van der Waals surface area contributed by atoms with Gasteiger partial charge in [0.2, 0.25) is 0 Å². The third-order valence-electron chi connectivity index (χ3n) is 3.68. The maximum Gasteiger partial charge on any atom is 0.0708 e. The van der Waals surface area contributed by atoms with Crippen molar-refractivity contribution in [2.75, 3.05) is 19.6 Å². The van der Waals surface area contributed by atoms with Crippen LogP contribution in [0.2, 0.25) is 0 Å². The Morgan fingerprint density at radius 2 is 2.13 bits per heavy atom. The summed E-state index contributed by atoms with van der Waals surface area (Å²) in [6, 6.07) is 0. The summed E-state index contributed by atoms with van der Waals surface area (Å²) < 4.78 is 5.97. The van der Waals surface area contributed by atoms with Crippen molar-refractivity contribution in [2.45, 2.75) is 57.3 Å². The number of ether oxygens (including phenoxy) is 1. The molecule has 0 spiro atoms. The van der Waals surface area contributed by atoms with Gasteiger partial charge in [-0.1, -0.05) is 0 Å². The van der Waals surface area contributed by atoms with Gasteiger partial charge in [-0.15, -0.1) is 0 Å². The van der Waals surface area contributed by atoms with E-state index in [-0.39, 0.29) is 11.1 Å². The third kappa shape index (κ3) is 2.92. The van der Waals surface area contributed by atoms with E-state index in [9.17, 15) is 0 Å². The first-order valence-electron chi connectivity index (χ1n) is 6.13. The summed E-state index contributed by atoms with van der Waals surface area (Å²) in [6.07, 6.45) is 4.03. The van der Waals surface area contributed by atoms with Gasteiger partial charge in [0.15, 0.2) is 0 Å². The maximum absolute atomic E-state index is 5.97. The molecule has 2 saturated heterocycles. The molecule has 3 heteroatoms. The maximum atomic E-state index is 5.97. The predicted molar refractivity (Wildman–Crippen MR) is 62.1 cm³/mol. The van der Waals surface area contributed by atoms with E-state index in [0.717, 1.165) is 19.6 Å². The molecule has 2 fully saturated rings. The van der Waals surface area contributed by atoms with E-state index in [2.05, 4.69) is 31.4 Å². The molecule has 2 aliphatic rings. The van der Waals surface area contributed by atoms with Crippen LogP contribution in [-0.2, 0) is 4.74 Å². The highest BCUT2D eigenvalue weighted by Gasteiger charge is 2.34. The lowest BCUT2D eigenvalue weighted by atomic mass is 10.0. The molecule has 0 bridgehead atoms. The van der Waals surface area contributed by atoms with Gasteiger partial charge in [-0.3, -0.25) is 0 Å². The van der Waals surface area contributed by atoms with Crippen LogP contribution >= 0.6 is 0 Å². The third-order valence-corrected chi connectivity index (χ3v) is 3.68. The number of nitrogens with one attached hydrogen (secondary N) is 2. The van der Waals surface area contributed by atoms with Crippen LogP contribution in [0.25, 0.3) is 0 Å². The topological polar surface area (TPSA) is 33.3 Å². The number of hydrogen-bond donors (Lipinski definition) is 2. The van der Waals surface area contributed by atoms with Crippen LogP contribution in [0.15, 0.2) is 0 Å². The molecule has 88 valence electrons. The fraction of sp³-hybridized carbons (Fsp3) is 1.00. The second-order valence-corrected chi connectivity index (χ2v) is 5.91. The van der Waals surface area contributed by atoms with Crippen LogP contribution in [-0.4, -0.2) is 36.9 Å². The Bertz CT molecular complexity index is 222. The molecule has 2 atom stereocenters. The Kier molecular flexibility index (Phi) is 3.06. The molecular formula is C12H24N2O. The zero-order chi connectivity index (χ0) is 10.9. The summed E-state index contributed by atoms with van der Waals surface area (Å²) in [4.78, 5) is 0. The molecule has 2 N–H and O–H groups in total. The molecule has 0 saturated carbocycles. The van der Waals surface area contributed by atoms with Gasteiger partial charge < -0.3 is 15.4 Å². The number of hydrogen-bond acceptors (Lipinski definition) is 3. The van der Waals surface area contributed by atoms with Crippen LogP contribution in [0.4, 0.5) is 0 Å². The summed E-state index contributed by atoms with van der Waals surface area (Å²) in [5, 5.41) is 7.05. The molecule has 0 aromatic carbocycles. The lowest BCUT2D eigenvalue weighted by molar-refractivity contribution is -0.0165. The van der Waals surface area contributed by atoms with E-state index in [4.69, 9.17) is 4.74 Å². The van der Waals surface area contributed by atoms with Crippen LogP contribution < -0.4 is 10.6 Å². The van der Waals surface area contributed by atoms with Crippen molar-refractivity contribution in [3.63, 3.8) is 0 Å². The molecule has 0 amide bonds. The van der Waals surface area contributed by atoms with Crippen molar-refractivity contribution < 1.29 is 4.74 Å². The van der Waals surface area contributed by atoms with Crippen LogP contribution in [0.3, 0.4) is 0 Å². The van der Waals surface area contributed by atoms with Crippen LogP contribution in [0.5, 0.6) is 0 Å². The Labute approximate surface area is 93.0 Å². The van der Waals surface area contributed by atoms with E-state index in [0.29, 0.717) is 6.10 Å². The minimum Gasteiger partial charge on any atom is -0.371 e. The molecule has 0 aromatic rings. The van der Waals surface area contributed by atoms with Crippen LogP contribution in [0, 0.1) is 0 Å². The lowest BCUT2D eigenvalue weighted by Crippen LogP contribution is -2.47. The average molecular weight is 212 g/mol. The van der Waals surface area contributed by atoms with Crippen LogP contribution in [0.1, 0.15) is 40.0 Å². The molecule has 0 aliphatic carbocycles. The minimum absolute atomic E-state index is 0.0984. The van der Waals surface area contributed by atoms with Gasteiger partial charge >= 0.3 is 0 Å². The SMILES string of the molecule is CC1(NCC2CCC(C)(C)O2)CCNC1. The van der Waals surface area contributed by atoms with Gasteiger partial charge in [-0.05, 0) is 46.6 Å². The second kappa shape index (κ2) is 4.04. The van der Waals surface area contributed by atoms with Crippen molar-refractivity contribution in [1.82, 2.24) is 10.6 Å². The minimum atomic E-state index is 0.0984. The Balaban J connectivity index is 1.74. The van der Waals surface area contributed by atoms with Crippen molar-refractivity contribution in [2.24, 2.45) is 0 Å². The fourth-order valence-electron chi connectivity index (χ4n) is 2.55. The Hall–Kier alpha value is -0.120. The molecule has 0 radical (unpaired) electrons. The molecule has 2 heterocycles. The highest BCUT2D eigenvalue weighted by atomic mass is 16.5. The largest absolute Gasteiger partial charge is 0.371 e. The summed E-state index contributed by atoms with van der Waals surface area (Å²) in [6.45, 7) is 9.90. The summed E-state index contributed by atoms with van der Waals surface area (Å²) in [5.41, 5.74) is 0.386. The van der Waals surface area contributed by atoms with E-state index < -0.39 is 0 Å².